The average molecular weight is 442 g/mol. The lowest BCUT2D eigenvalue weighted by Gasteiger charge is -2.78. The van der Waals surface area contributed by atoms with Gasteiger partial charge in [0.05, 0.1) is 17.7 Å². The first-order valence-corrected chi connectivity index (χ1v) is 12.8. The first-order chi connectivity index (χ1) is 14.8. The molecule has 0 aromatic rings. The number of likely N-dealkylation sites (tertiary alicyclic amines) is 1. The Labute approximate surface area is 194 Å². The van der Waals surface area contributed by atoms with Crippen LogP contribution in [-0.4, -0.2) is 48.2 Å². The molecule has 0 radical (unpaired) electrons. The number of carbonyl (C=O) groups excluding carboxylic acids is 1. The van der Waals surface area contributed by atoms with E-state index in [0.717, 1.165) is 25.7 Å². The molecule has 0 aromatic heterocycles. The van der Waals surface area contributed by atoms with Crippen molar-refractivity contribution in [1.82, 2.24) is 10.2 Å². The third kappa shape index (κ3) is 2.12. The Hall–Kier alpha value is -1.12. The molecule has 32 heavy (non-hydrogen) atoms. The van der Waals surface area contributed by atoms with E-state index < -0.39 is 0 Å². The van der Waals surface area contributed by atoms with Gasteiger partial charge in [0.15, 0.2) is 0 Å². The molecule has 6 aliphatic rings. The van der Waals surface area contributed by atoms with Crippen LogP contribution in [0.2, 0.25) is 0 Å². The van der Waals surface area contributed by atoms with Gasteiger partial charge in [0.25, 0.3) is 0 Å². The van der Waals surface area contributed by atoms with Crippen LogP contribution >= 0.6 is 0 Å². The molecule has 5 heteroatoms. The summed E-state index contributed by atoms with van der Waals surface area (Å²) in [6, 6.07) is 1.90. The van der Waals surface area contributed by atoms with Gasteiger partial charge in [0, 0.05) is 12.6 Å². The van der Waals surface area contributed by atoms with Crippen LogP contribution in [0.3, 0.4) is 0 Å². The van der Waals surface area contributed by atoms with Gasteiger partial charge in [-0.2, -0.15) is 5.26 Å². The molecule has 5 nitrogen and oxygen atoms in total. The van der Waals surface area contributed by atoms with Crippen molar-refractivity contribution >= 4 is 5.91 Å². The predicted molar refractivity (Wildman–Crippen MR) is 125 cm³/mol. The van der Waals surface area contributed by atoms with E-state index in [-0.39, 0.29) is 45.4 Å². The van der Waals surface area contributed by atoms with Gasteiger partial charge in [-0.25, -0.2) is 0 Å². The van der Waals surface area contributed by atoms with Gasteiger partial charge in [-0.05, 0) is 85.5 Å². The fourth-order valence-corrected chi connectivity index (χ4v) is 10.4. The highest BCUT2D eigenvalue weighted by atomic mass is 16.5. The van der Waals surface area contributed by atoms with Crippen LogP contribution in [0.25, 0.3) is 0 Å². The first kappa shape index (κ1) is 22.7. The smallest absolute Gasteiger partial charge is 0.241 e. The number of nitrogens with zero attached hydrogens (tertiary/aromatic N) is 2. The standard InChI is InChI=1S/C27H43N3O2/c1-15-19-11-26(13-24(15,6)23(4,5)27(14-26,32-9)16(19)2)21(29-8)22(31)30-18(12-28)10-20-17(3)25(20,30)7/h15-21,29H,10-11,13-14H2,1-9H3/t15?,16?,17-,18+,19?,20-,21?,24?,25+,26?,27?/m1/s1. The van der Waals surface area contributed by atoms with E-state index in [1.54, 1.807) is 0 Å². The van der Waals surface area contributed by atoms with Crippen LogP contribution in [0.5, 0.6) is 0 Å². The number of carbonyl (C=O) groups is 1. The average Bonchev–Trinajstić information content (AvgIpc) is 3.10. The maximum Gasteiger partial charge on any atom is 0.241 e. The van der Waals surface area contributed by atoms with Crippen LogP contribution in [0.4, 0.5) is 0 Å². The Balaban J connectivity index is 1.59. The molecule has 1 saturated heterocycles. The Morgan fingerprint density at radius 3 is 2.34 bits per heavy atom. The second kappa shape index (κ2) is 6.30. The Kier molecular flexibility index (Phi) is 4.46. The number of nitrogens with one attached hydrogen (secondary N) is 1. The van der Waals surface area contributed by atoms with Gasteiger partial charge in [-0.3, -0.25) is 4.79 Å². The third-order valence-electron chi connectivity index (χ3n) is 12.9. The fourth-order valence-electron chi connectivity index (χ4n) is 10.4. The molecular weight excluding hydrogens is 398 g/mol. The minimum Gasteiger partial charge on any atom is -0.377 e. The number of amides is 1. The van der Waals surface area contributed by atoms with E-state index in [4.69, 9.17) is 4.74 Å². The summed E-state index contributed by atoms with van der Waals surface area (Å²) >= 11 is 0. The van der Waals surface area contributed by atoms with E-state index in [1.165, 1.54) is 0 Å². The maximum atomic E-state index is 14.3. The lowest BCUT2D eigenvalue weighted by Crippen LogP contribution is -2.79. The summed E-state index contributed by atoms with van der Waals surface area (Å²) in [7, 11) is 3.85. The minimum absolute atomic E-state index is 0.0280. The molecule has 1 amide bonds. The molecule has 1 N–H and O–H groups in total. The van der Waals surface area contributed by atoms with E-state index in [2.05, 4.69) is 59.9 Å². The normalized spacial score (nSPS) is 55.4. The molecule has 5 aliphatic carbocycles. The molecule has 11 atom stereocenters. The number of ether oxygens (including phenoxy) is 1. The fraction of sp³-hybridized carbons (Fsp3) is 0.926. The molecule has 6 rings (SSSR count). The summed E-state index contributed by atoms with van der Waals surface area (Å²) in [5.74, 6) is 2.71. The molecule has 0 spiro atoms. The number of rotatable bonds is 4. The van der Waals surface area contributed by atoms with Crippen molar-refractivity contribution in [3.8, 4) is 6.07 Å². The van der Waals surface area contributed by atoms with Crippen LogP contribution in [0.1, 0.15) is 74.1 Å². The van der Waals surface area contributed by atoms with Gasteiger partial charge in [0.1, 0.15) is 6.04 Å². The van der Waals surface area contributed by atoms with E-state index in [0.29, 0.717) is 29.6 Å². The molecular formula is C27H43N3O2. The molecule has 178 valence electrons. The van der Waals surface area contributed by atoms with Gasteiger partial charge in [0.2, 0.25) is 5.91 Å². The monoisotopic (exact) mass is 441 g/mol. The van der Waals surface area contributed by atoms with Crippen LogP contribution in [-0.2, 0) is 9.53 Å². The Bertz CT molecular complexity index is 896. The highest BCUT2D eigenvalue weighted by Crippen LogP contribution is 2.78. The molecule has 4 bridgehead atoms. The number of piperidine rings is 1. The summed E-state index contributed by atoms with van der Waals surface area (Å²) in [6.45, 7) is 16.6. The second-order valence-corrected chi connectivity index (χ2v) is 13.2. The van der Waals surface area contributed by atoms with Crippen molar-refractivity contribution in [2.24, 2.45) is 45.8 Å². The van der Waals surface area contributed by atoms with Crippen molar-refractivity contribution in [3.63, 3.8) is 0 Å². The summed E-state index contributed by atoms with van der Waals surface area (Å²) in [4.78, 5) is 16.3. The van der Waals surface area contributed by atoms with Gasteiger partial charge in [-0.1, -0.05) is 41.5 Å². The van der Waals surface area contributed by atoms with Crippen molar-refractivity contribution in [2.75, 3.05) is 14.2 Å². The number of methoxy groups -OCH3 is 1. The van der Waals surface area contributed by atoms with Gasteiger partial charge in [-0.15, -0.1) is 0 Å². The second-order valence-electron chi connectivity index (χ2n) is 13.2. The highest BCUT2D eigenvalue weighted by Gasteiger charge is 2.78. The van der Waals surface area contributed by atoms with Gasteiger partial charge < -0.3 is 15.0 Å². The van der Waals surface area contributed by atoms with Crippen molar-refractivity contribution in [1.29, 1.82) is 5.26 Å². The molecule has 6 fully saturated rings. The van der Waals surface area contributed by atoms with Crippen LogP contribution < -0.4 is 5.32 Å². The quantitative estimate of drug-likeness (QED) is 0.709. The number of hydrogen-bond acceptors (Lipinski definition) is 4. The zero-order valence-corrected chi connectivity index (χ0v) is 21.6. The zero-order valence-electron chi connectivity index (χ0n) is 21.6. The van der Waals surface area contributed by atoms with E-state index >= 15 is 0 Å². The molecule has 1 heterocycles. The molecule has 1 aliphatic heterocycles. The molecule has 7 unspecified atom stereocenters. The van der Waals surface area contributed by atoms with E-state index in [9.17, 15) is 10.1 Å². The summed E-state index contributed by atoms with van der Waals surface area (Å²) in [5.41, 5.74) is -0.394. The summed E-state index contributed by atoms with van der Waals surface area (Å²) in [5, 5.41) is 13.4. The molecule has 0 aromatic carbocycles. The highest BCUT2D eigenvalue weighted by molar-refractivity contribution is 5.85. The van der Waals surface area contributed by atoms with Crippen LogP contribution in [0, 0.1) is 57.2 Å². The van der Waals surface area contributed by atoms with Crippen molar-refractivity contribution < 1.29 is 9.53 Å². The van der Waals surface area contributed by atoms with Gasteiger partial charge >= 0.3 is 0 Å². The largest absolute Gasteiger partial charge is 0.377 e. The van der Waals surface area contributed by atoms with Crippen molar-refractivity contribution in [2.45, 2.75) is 97.4 Å². The maximum absolute atomic E-state index is 14.3. The summed E-state index contributed by atoms with van der Waals surface area (Å²) in [6.07, 6.45) is 3.86. The number of fused-ring (bicyclic) bond motifs is 1. The predicted octanol–water partition coefficient (Wildman–Crippen LogP) is 4.23. The lowest BCUT2D eigenvalue weighted by atomic mass is 9.29. The zero-order chi connectivity index (χ0) is 23.6. The van der Waals surface area contributed by atoms with E-state index in [1.807, 2.05) is 19.1 Å². The van der Waals surface area contributed by atoms with Crippen molar-refractivity contribution in [3.05, 3.63) is 0 Å². The lowest BCUT2D eigenvalue weighted by molar-refractivity contribution is -0.335. The minimum atomic E-state index is -0.292. The number of likely N-dealkylation sites (N-methyl/N-ethyl adjacent to an activating group) is 1. The summed E-state index contributed by atoms with van der Waals surface area (Å²) < 4.78 is 6.52. The number of nitriles is 1. The number of hydrogen-bond donors (Lipinski definition) is 1. The molecule has 5 saturated carbocycles. The Morgan fingerprint density at radius 2 is 1.78 bits per heavy atom. The topological polar surface area (TPSA) is 65.4 Å². The Morgan fingerprint density at radius 1 is 1.12 bits per heavy atom. The SMILES string of the molecule is CNC(C(=O)N1[C@H](C#N)C[C@@H]2[C@@H](C)[C@@]21C)C12CC3C(C)C(C)(C1)C(C)(C)C(OC)(C2)C3C. The van der Waals surface area contributed by atoms with Crippen LogP contribution in [0.15, 0.2) is 0 Å². The third-order valence-corrected chi connectivity index (χ3v) is 12.9. The first-order valence-electron chi connectivity index (χ1n) is 12.8.